The molecule has 2 N–H and O–H groups in total. The van der Waals surface area contributed by atoms with Crippen molar-refractivity contribution >= 4 is 27.5 Å². The molecule has 20 heavy (non-hydrogen) atoms. The van der Waals surface area contributed by atoms with E-state index >= 15 is 0 Å². The Morgan fingerprint density at radius 1 is 1.55 bits per heavy atom. The van der Waals surface area contributed by atoms with Crippen molar-refractivity contribution in [2.45, 2.75) is 18.9 Å². The molecule has 0 aliphatic carbocycles. The molecule has 1 aliphatic rings. The third kappa shape index (κ3) is 4.18. The molecule has 0 spiro atoms. The van der Waals surface area contributed by atoms with Crippen LogP contribution in [-0.4, -0.2) is 38.3 Å². The normalized spacial score (nSPS) is 21.1. The maximum atomic E-state index is 6.06. The van der Waals surface area contributed by atoms with E-state index in [9.17, 15) is 0 Å². The number of halogens is 2. The van der Waals surface area contributed by atoms with Crippen molar-refractivity contribution < 1.29 is 4.74 Å². The predicted molar refractivity (Wildman–Crippen MR) is 87.1 cm³/mol. The average Bonchev–Trinajstić information content (AvgIpc) is 2.44. The molecular weight excluding hydrogens is 340 g/mol. The van der Waals surface area contributed by atoms with Gasteiger partial charge in [-0.2, -0.15) is 0 Å². The highest BCUT2D eigenvalue weighted by molar-refractivity contribution is 9.10. The SMILES string of the molecule is CN(CC1CCCOC1)C(CN)c1ccc(Cl)c(Br)c1. The quantitative estimate of drug-likeness (QED) is 0.873. The van der Waals surface area contributed by atoms with Gasteiger partial charge in [0.1, 0.15) is 0 Å². The van der Waals surface area contributed by atoms with Crippen LogP contribution in [0.1, 0.15) is 24.4 Å². The molecule has 1 aromatic carbocycles. The molecule has 112 valence electrons. The van der Waals surface area contributed by atoms with Crippen LogP contribution in [0.15, 0.2) is 22.7 Å². The standard InChI is InChI=1S/C15H22BrClN2O/c1-19(9-11-3-2-6-20-10-11)15(8-18)12-4-5-14(17)13(16)7-12/h4-5,7,11,15H,2-3,6,8-10,18H2,1H3. The minimum Gasteiger partial charge on any atom is -0.381 e. The predicted octanol–water partition coefficient (Wildman–Crippen LogP) is 3.46. The molecule has 1 aromatic rings. The van der Waals surface area contributed by atoms with Crippen LogP contribution in [0, 0.1) is 5.92 Å². The second-order valence-electron chi connectivity index (χ2n) is 5.45. The van der Waals surface area contributed by atoms with Gasteiger partial charge in [-0.3, -0.25) is 4.90 Å². The minimum atomic E-state index is 0.213. The molecule has 0 aromatic heterocycles. The molecule has 5 heteroatoms. The highest BCUT2D eigenvalue weighted by atomic mass is 79.9. The van der Waals surface area contributed by atoms with Crippen LogP contribution in [0.25, 0.3) is 0 Å². The van der Waals surface area contributed by atoms with Crippen LogP contribution in [0.3, 0.4) is 0 Å². The highest BCUT2D eigenvalue weighted by Gasteiger charge is 2.21. The van der Waals surface area contributed by atoms with Crippen LogP contribution < -0.4 is 5.73 Å². The summed E-state index contributed by atoms with van der Waals surface area (Å²) in [7, 11) is 2.13. The smallest absolute Gasteiger partial charge is 0.0548 e. The number of nitrogens with two attached hydrogens (primary N) is 1. The molecule has 0 bridgehead atoms. The Hall–Kier alpha value is -0.130. The van der Waals surface area contributed by atoms with E-state index in [1.165, 1.54) is 12.0 Å². The molecule has 2 unspecified atom stereocenters. The minimum absolute atomic E-state index is 0.213. The van der Waals surface area contributed by atoms with Gasteiger partial charge in [0.15, 0.2) is 0 Å². The summed E-state index contributed by atoms with van der Waals surface area (Å²) in [6.07, 6.45) is 2.41. The maximum absolute atomic E-state index is 6.06. The maximum Gasteiger partial charge on any atom is 0.0548 e. The molecule has 2 rings (SSSR count). The first kappa shape index (κ1) is 16.2. The molecule has 3 nitrogen and oxygen atoms in total. The van der Waals surface area contributed by atoms with Gasteiger partial charge >= 0.3 is 0 Å². The molecule has 1 fully saturated rings. The lowest BCUT2D eigenvalue weighted by molar-refractivity contribution is 0.0365. The first-order valence-corrected chi connectivity index (χ1v) is 8.22. The van der Waals surface area contributed by atoms with Gasteiger partial charge < -0.3 is 10.5 Å². The van der Waals surface area contributed by atoms with Gasteiger partial charge in [0.05, 0.1) is 11.6 Å². The van der Waals surface area contributed by atoms with Crippen molar-refractivity contribution in [1.82, 2.24) is 4.90 Å². The Morgan fingerprint density at radius 2 is 2.35 bits per heavy atom. The lowest BCUT2D eigenvalue weighted by atomic mass is 9.99. The van der Waals surface area contributed by atoms with Crippen LogP contribution in [-0.2, 0) is 4.74 Å². The Balaban J connectivity index is 2.03. The molecule has 1 heterocycles. The van der Waals surface area contributed by atoms with E-state index in [-0.39, 0.29) is 6.04 Å². The summed E-state index contributed by atoms with van der Waals surface area (Å²) >= 11 is 9.54. The van der Waals surface area contributed by atoms with Gasteiger partial charge in [0, 0.05) is 30.2 Å². The van der Waals surface area contributed by atoms with Crippen LogP contribution in [0.2, 0.25) is 5.02 Å². The van der Waals surface area contributed by atoms with Gasteiger partial charge in [-0.1, -0.05) is 17.7 Å². The van der Waals surface area contributed by atoms with Crippen molar-refractivity contribution in [3.63, 3.8) is 0 Å². The zero-order valence-corrected chi connectivity index (χ0v) is 14.2. The van der Waals surface area contributed by atoms with Gasteiger partial charge in [-0.25, -0.2) is 0 Å². The van der Waals surface area contributed by atoms with E-state index in [4.69, 9.17) is 22.1 Å². The van der Waals surface area contributed by atoms with E-state index in [0.717, 1.165) is 35.7 Å². The fourth-order valence-corrected chi connectivity index (χ4v) is 3.29. The lowest BCUT2D eigenvalue weighted by Crippen LogP contribution is -2.36. The summed E-state index contributed by atoms with van der Waals surface area (Å²) < 4.78 is 6.47. The number of likely N-dealkylation sites (N-methyl/N-ethyl adjacent to an activating group) is 1. The Kier molecular flexibility index (Phi) is 6.30. The summed E-state index contributed by atoms with van der Waals surface area (Å²) in [5, 5.41) is 0.729. The molecule has 0 amide bonds. The summed E-state index contributed by atoms with van der Waals surface area (Å²) in [6.45, 7) is 3.39. The van der Waals surface area contributed by atoms with E-state index in [0.29, 0.717) is 12.5 Å². The Bertz CT molecular complexity index is 438. The number of benzene rings is 1. The van der Waals surface area contributed by atoms with Crippen LogP contribution >= 0.6 is 27.5 Å². The van der Waals surface area contributed by atoms with E-state index in [2.05, 4.69) is 40.0 Å². The monoisotopic (exact) mass is 360 g/mol. The third-order valence-corrected chi connectivity index (χ3v) is 5.10. The third-order valence-electron chi connectivity index (χ3n) is 3.88. The number of hydrogen-bond donors (Lipinski definition) is 1. The van der Waals surface area contributed by atoms with Crippen molar-refractivity contribution in [1.29, 1.82) is 0 Å². The average molecular weight is 362 g/mol. The molecule has 0 saturated carbocycles. The second-order valence-corrected chi connectivity index (χ2v) is 6.71. The zero-order valence-electron chi connectivity index (χ0n) is 11.8. The fourth-order valence-electron chi connectivity index (χ4n) is 2.78. The number of hydrogen-bond acceptors (Lipinski definition) is 3. The van der Waals surface area contributed by atoms with Crippen LogP contribution in [0.5, 0.6) is 0 Å². The summed E-state index contributed by atoms with van der Waals surface area (Å²) in [5.41, 5.74) is 7.17. The van der Waals surface area contributed by atoms with Gasteiger partial charge in [-0.05, 0) is 59.4 Å². The topological polar surface area (TPSA) is 38.5 Å². The summed E-state index contributed by atoms with van der Waals surface area (Å²) in [5.74, 6) is 0.610. The molecule has 0 radical (unpaired) electrons. The lowest BCUT2D eigenvalue weighted by Gasteiger charge is -2.32. The summed E-state index contributed by atoms with van der Waals surface area (Å²) in [6, 6.07) is 6.25. The van der Waals surface area contributed by atoms with Crippen molar-refractivity contribution in [2.24, 2.45) is 11.7 Å². The number of ether oxygens (including phenoxy) is 1. The van der Waals surface area contributed by atoms with E-state index < -0.39 is 0 Å². The van der Waals surface area contributed by atoms with E-state index in [1.807, 2.05) is 6.07 Å². The zero-order chi connectivity index (χ0) is 14.5. The Labute approximate surface area is 134 Å². The molecular formula is C15H22BrClN2O. The molecule has 1 aliphatic heterocycles. The van der Waals surface area contributed by atoms with Crippen molar-refractivity contribution in [3.8, 4) is 0 Å². The van der Waals surface area contributed by atoms with Gasteiger partial charge in [-0.15, -0.1) is 0 Å². The van der Waals surface area contributed by atoms with Gasteiger partial charge in [0.2, 0.25) is 0 Å². The van der Waals surface area contributed by atoms with E-state index in [1.54, 1.807) is 0 Å². The summed E-state index contributed by atoms with van der Waals surface area (Å²) in [4.78, 5) is 2.33. The van der Waals surface area contributed by atoms with Crippen molar-refractivity contribution in [2.75, 3.05) is 33.4 Å². The molecule has 2 atom stereocenters. The number of rotatable bonds is 5. The second kappa shape index (κ2) is 7.76. The fraction of sp³-hybridized carbons (Fsp3) is 0.600. The first-order valence-electron chi connectivity index (χ1n) is 7.04. The number of nitrogens with zero attached hydrogens (tertiary/aromatic N) is 1. The van der Waals surface area contributed by atoms with Crippen LogP contribution in [0.4, 0.5) is 0 Å². The van der Waals surface area contributed by atoms with Crippen molar-refractivity contribution in [3.05, 3.63) is 33.3 Å². The first-order chi connectivity index (χ1) is 9.61. The van der Waals surface area contributed by atoms with Gasteiger partial charge in [0.25, 0.3) is 0 Å². The highest BCUT2D eigenvalue weighted by Crippen LogP contribution is 2.28. The molecule has 1 saturated heterocycles. The largest absolute Gasteiger partial charge is 0.381 e. The Morgan fingerprint density at radius 3 is 2.95 bits per heavy atom.